The summed E-state index contributed by atoms with van der Waals surface area (Å²) in [6, 6.07) is 6.71. The van der Waals surface area contributed by atoms with Crippen molar-refractivity contribution >= 4 is 23.4 Å². The standard InChI is InChI=1S/C14H18ClN3O2/c15-11-3-1-10(2-4-11)14(20)18(9-13(16)19)12-5-7-17-8-6-12/h1-4,12,17H,5-9H2,(H2,16,19). The topological polar surface area (TPSA) is 75.4 Å². The van der Waals surface area contributed by atoms with E-state index in [-0.39, 0.29) is 18.5 Å². The molecule has 3 N–H and O–H groups in total. The lowest BCUT2D eigenvalue weighted by molar-refractivity contribution is -0.119. The maximum Gasteiger partial charge on any atom is 0.254 e. The van der Waals surface area contributed by atoms with Crippen molar-refractivity contribution < 1.29 is 9.59 Å². The molecule has 1 aliphatic heterocycles. The number of nitrogens with one attached hydrogen (secondary N) is 1. The third-order valence-electron chi connectivity index (χ3n) is 3.43. The molecule has 6 heteroatoms. The van der Waals surface area contributed by atoms with Crippen LogP contribution >= 0.6 is 11.6 Å². The molecule has 0 saturated carbocycles. The molecule has 0 bridgehead atoms. The van der Waals surface area contributed by atoms with E-state index in [0.29, 0.717) is 10.6 Å². The number of amides is 2. The molecule has 1 aromatic rings. The second-order valence-corrected chi connectivity index (χ2v) is 5.32. The first kappa shape index (κ1) is 14.8. The van der Waals surface area contributed by atoms with E-state index < -0.39 is 5.91 Å². The summed E-state index contributed by atoms with van der Waals surface area (Å²) in [6.07, 6.45) is 1.65. The van der Waals surface area contributed by atoms with E-state index in [1.54, 1.807) is 29.2 Å². The SMILES string of the molecule is NC(=O)CN(C(=O)c1ccc(Cl)cc1)C1CCNCC1. The number of rotatable bonds is 4. The highest BCUT2D eigenvalue weighted by Crippen LogP contribution is 2.17. The third kappa shape index (κ3) is 3.71. The summed E-state index contributed by atoms with van der Waals surface area (Å²) in [6.45, 7) is 1.63. The molecule has 1 saturated heterocycles. The zero-order valence-corrected chi connectivity index (χ0v) is 11.9. The highest BCUT2D eigenvalue weighted by molar-refractivity contribution is 6.30. The molecule has 2 amide bonds. The Labute approximate surface area is 123 Å². The van der Waals surface area contributed by atoms with E-state index in [4.69, 9.17) is 17.3 Å². The first-order valence-electron chi connectivity index (χ1n) is 6.63. The van der Waals surface area contributed by atoms with Gasteiger partial charge in [0.1, 0.15) is 0 Å². The van der Waals surface area contributed by atoms with E-state index in [2.05, 4.69) is 5.32 Å². The average Bonchev–Trinajstić information content (AvgIpc) is 2.45. The molecule has 0 radical (unpaired) electrons. The molecular weight excluding hydrogens is 278 g/mol. The van der Waals surface area contributed by atoms with Gasteiger partial charge in [-0.2, -0.15) is 0 Å². The molecule has 1 heterocycles. The molecule has 1 aromatic carbocycles. The fourth-order valence-electron chi connectivity index (χ4n) is 2.41. The van der Waals surface area contributed by atoms with Crippen molar-refractivity contribution in [2.75, 3.05) is 19.6 Å². The van der Waals surface area contributed by atoms with Crippen LogP contribution < -0.4 is 11.1 Å². The van der Waals surface area contributed by atoms with Crippen LogP contribution in [0.4, 0.5) is 0 Å². The van der Waals surface area contributed by atoms with Crippen molar-refractivity contribution in [2.24, 2.45) is 5.73 Å². The predicted molar refractivity (Wildman–Crippen MR) is 77.6 cm³/mol. The Balaban J connectivity index is 2.18. The molecular formula is C14H18ClN3O2. The molecule has 108 valence electrons. The van der Waals surface area contributed by atoms with Crippen molar-refractivity contribution in [3.63, 3.8) is 0 Å². The van der Waals surface area contributed by atoms with Crippen molar-refractivity contribution in [1.29, 1.82) is 0 Å². The maximum absolute atomic E-state index is 12.5. The van der Waals surface area contributed by atoms with Crippen LogP contribution in [0.25, 0.3) is 0 Å². The molecule has 5 nitrogen and oxygen atoms in total. The van der Waals surface area contributed by atoms with E-state index in [1.165, 1.54) is 0 Å². The van der Waals surface area contributed by atoms with Crippen molar-refractivity contribution in [2.45, 2.75) is 18.9 Å². The van der Waals surface area contributed by atoms with Crippen molar-refractivity contribution in [3.05, 3.63) is 34.9 Å². The number of halogens is 1. The molecule has 0 spiro atoms. The van der Waals surface area contributed by atoms with E-state index in [0.717, 1.165) is 25.9 Å². The van der Waals surface area contributed by atoms with Gasteiger partial charge >= 0.3 is 0 Å². The van der Waals surface area contributed by atoms with Crippen LogP contribution in [-0.2, 0) is 4.79 Å². The summed E-state index contributed by atoms with van der Waals surface area (Å²) in [5.74, 6) is -0.668. The van der Waals surface area contributed by atoms with Gasteiger partial charge in [-0.25, -0.2) is 0 Å². The van der Waals surface area contributed by atoms with Gasteiger partial charge in [0, 0.05) is 16.6 Å². The summed E-state index contributed by atoms with van der Waals surface area (Å²) in [4.78, 5) is 25.4. The Bertz CT molecular complexity index is 484. The summed E-state index contributed by atoms with van der Waals surface area (Å²) in [5, 5.41) is 3.81. The number of carbonyl (C=O) groups excluding carboxylic acids is 2. The van der Waals surface area contributed by atoms with Crippen LogP contribution in [0.2, 0.25) is 5.02 Å². The van der Waals surface area contributed by atoms with Crippen LogP contribution in [-0.4, -0.2) is 42.4 Å². The number of nitrogens with zero attached hydrogens (tertiary/aromatic N) is 1. The Kier molecular flexibility index (Phi) is 4.98. The number of hydrogen-bond donors (Lipinski definition) is 2. The predicted octanol–water partition coefficient (Wildman–Crippen LogP) is 1.02. The number of carbonyl (C=O) groups is 2. The molecule has 20 heavy (non-hydrogen) atoms. The van der Waals surface area contributed by atoms with Crippen LogP contribution in [0.15, 0.2) is 24.3 Å². The minimum Gasteiger partial charge on any atom is -0.368 e. The lowest BCUT2D eigenvalue weighted by Gasteiger charge is -2.34. The first-order chi connectivity index (χ1) is 9.58. The number of hydrogen-bond acceptors (Lipinski definition) is 3. The summed E-state index contributed by atoms with van der Waals surface area (Å²) in [5.41, 5.74) is 5.79. The monoisotopic (exact) mass is 295 g/mol. The largest absolute Gasteiger partial charge is 0.368 e. The van der Waals surface area contributed by atoms with Gasteiger partial charge in [-0.05, 0) is 50.2 Å². The van der Waals surface area contributed by atoms with Gasteiger partial charge < -0.3 is 16.0 Å². The van der Waals surface area contributed by atoms with Crippen molar-refractivity contribution in [3.8, 4) is 0 Å². The van der Waals surface area contributed by atoms with Crippen LogP contribution in [0, 0.1) is 0 Å². The minimum absolute atomic E-state index is 0.0481. The maximum atomic E-state index is 12.5. The second-order valence-electron chi connectivity index (χ2n) is 4.89. The third-order valence-corrected chi connectivity index (χ3v) is 3.68. The summed E-state index contributed by atoms with van der Waals surface area (Å²) in [7, 11) is 0. The molecule has 0 unspecified atom stereocenters. The van der Waals surface area contributed by atoms with Crippen LogP contribution in [0.5, 0.6) is 0 Å². The second kappa shape index (κ2) is 6.72. The summed E-state index contributed by atoms with van der Waals surface area (Å²) < 4.78 is 0. The van der Waals surface area contributed by atoms with E-state index in [9.17, 15) is 9.59 Å². The number of piperidine rings is 1. The fraction of sp³-hybridized carbons (Fsp3) is 0.429. The van der Waals surface area contributed by atoms with Gasteiger partial charge in [-0.15, -0.1) is 0 Å². The Morgan fingerprint density at radius 3 is 2.40 bits per heavy atom. The minimum atomic E-state index is -0.495. The van der Waals surface area contributed by atoms with Gasteiger partial charge in [-0.3, -0.25) is 9.59 Å². The smallest absolute Gasteiger partial charge is 0.254 e. The molecule has 1 fully saturated rings. The molecule has 0 atom stereocenters. The zero-order valence-electron chi connectivity index (χ0n) is 11.1. The lowest BCUT2D eigenvalue weighted by Crippen LogP contribution is -2.49. The fourth-order valence-corrected chi connectivity index (χ4v) is 2.54. The Hall–Kier alpha value is -1.59. The molecule has 1 aliphatic rings. The van der Waals surface area contributed by atoms with Crippen LogP contribution in [0.1, 0.15) is 23.2 Å². The first-order valence-corrected chi connectivity index (χ1v) is 7.01. The van der Waals surface area contributed by atoms with E-state index in [1.807, 2.05) is 0 Å². The average molecular weight is 296 g/mol. The van der Waals surface area contributed by atoms with Gasteiger partial charge in [0.2, 0.25) is 5.91 Å². The van der Waals surface area contributed by atoms with Gasteiger partial charge in [0.15, 0.2) is 0 Å². The quantitative estimate of drug-likeness (QED) is 0.871. The molecule has 0 aromatic heterocycles. The van der Waals surface area contributed by atoms with Gasteiger partial charge in [-0.1, -0.05) is 11.6 Å². The lowest BCUT2D eigenvalue weighted by atomic mass is 10.0. The number of primary amides is 1. The Morgan fingerprint density at radius 1 is 1.25 bits per heavy atom. The molecule has 2 rings (SSSR count). The normalized spacial score (nSPS) is 15.8. The highest BCUT2D eigenvalue weighted by atomic mass is 35.5. The Morgan fingerprint density at radius 2 is 1.85 bits per heavy atom. The number of benzene rings is 1. The van der Waals surface area contributed by atoms with E-state index >= 15 is 0 Å². The molecule has 0 aliphatic carbocycles. The summed E-state index contributed by atoms with van der Waals surface area (Å²) >= 11 is 5.82. The van der Waals surface area contributed by atoms with Gasteiger partial charge in [0.25, 0.3) is 5.91 Å². The number of nitrogens with two attached hydrogens (primary N) is 1. The van der Waals surface area contributed by atoms with Gasteiger partial charge in [0.05, 0.1) is 6.54 Å². The van der Waals surface area contributed by atoms with Crippen molar-refractivity contribution in [1.82, 2.24) is 10.2 Å². The van der Waals surface area contributed by atoms with Crippen LogP contribution in [0.3, 0.4) is 0 Å². The highest BCUT2D eigenvalue weighted by Gasteiger charge is 2.27. The zero-order chi connectivity index (χ0) is 14.5.